The fraction of sp³-hybridized carbons (Fsp3) is 0.136. The first kappa shape index (κ1) is 23.9. The van der Waals surface area contributed by atoms with Gasteiger partial charge in [-0.05, 0) is 48.5 Å². The number of rotatable bonds is 6. The van der Waals surface area contributed by atoms with Crippen molar-refractivity contribution >= 4 is 35.1 Å². The van der Waals surface area contributed by atoms with Crippen LogP contribution in [0.1, 0.15) is 16.1 Å². The SMILES string of the molecule is CNC(=O)c1cc(Sc2ccc(N(C(N)=O)c3cccc(C(F)(F)F)c3OC)cc2)ccn1. The molecule has 3 aromatic rings. The number of urea groups is 1. The van der Waals surface area contributed by atoms with Gasteiger partial charge in [-0.2, -0.15) is 13.2 Å². The monoisotopic (exact) mass is 476 g/mol. The van der Waals surface area contributed by atoms with Crippen LogP contribution in [0.3, 0.4) is 0 Å². The van der Waals surface area contributed by atoms with Crippen molar-refractivity contribution in [2.75, 3.05) is 19.1 Å². The third-order valence-corrected chi connectivity index (χ3v) is 5.48. The second kappa shape index (κ2) is 9.82. The smallest absolute Gasteiger partial charge is 0.420 e. The Labute approximate surface area is 191 Å². The predicted molar refractivity (Wildman–Crippen MR) is 118 cm³/mol. The molecule has 0 aliphatic rings. The molecule has 0 saturated carbocycles. The molecule has 172 valence electrons. The van der Waals surface area contributed by atoms with E-state index in [0.29, 0.717) is 0 Å². The van der Waals surface area contributed by atoms with E-state index in [1.807, 2.05) is 0 Å². The largest absolute Gasteiger partial charge is 0.494 e. The Balaban J connectivity index is 1.93. The number of para-hydroxylation sites is 1. The summed E-state index contributed by atoms with van der Waals surface area (Å²) in [5.74, 6) is -0.833. The summed E-state index contributed by atoms with van der Waals surface area (Å²) < 4.78 is 45.2. The van der Waals surface area contributed by atoms with Crippen LogP contribution in [0.25, 0.3) is 0 Å². The minimum absolute atomic E-state index is 0.135. The number of anilines is 2. The number of nitrogens with two attached hydrogens (primary N) is 1. The number of pyridine rings is 1. The zero-order chi connectivity index (χ0) is 24.2. The summed E-state index contributed by atoms with van der Waals surface area (Å²) in [7, 11) is 2.60. The van der Waals surface area contributed by atoms with E-state index in [9.17, 15) is 22.8 Å². The van der Waals surface area contributed by atoms with Gasteiger partial charge >= 0.3 is 12.2 Å². The molecule has 3 amide bonds. The quantitative estimate of drug-likeness (QED) is 0.531. The van der Waals surface area contributed by atoms with Crippen molar-refractivity contribution in [2.24, 2.45) is 5.73 Å². The van der Waals surface area contributed by atoms with Crippen molar-refractivity contribution in [3.8, 4) is 5.75 Å². The minimum Gasteiger partial charge on any atom is -0.494 e. The van der Waals surface area contributed by atoms with E-state index in [1.165, 1.54) is 37.1 Å². The van der Waals surface area contributed by atoms with E-state index < -0.39 is 23.5 Å². The van der Waals surface area contributed by atoms with Gasteiger partial charge in [0, 0.05) is 23.0 Å². The van der Waals surface area contributed by atoms with Gasteiger partial charge in [-0.25, -0.2) is 4.79 Å². The number of aromatic nitrogens is 1. The highest BCUT2D eigenvalue weighted by atomic mass is 32.2. The number of alkyl halides is 3. The number of halogens is 3. The topological polar surface area (TPSA) is 97.6 Å². The van der Waals surface area contributed by atoms with Crippen molar-refractivity contribution in [3.05, 3.63) is 72.1 Å². The van der Waals surface area contributed by atoms with Gasteiger partial charge in [-0.15, -0.1) is 0 Å². The zero-order valence-corrected chi connectivity index (χ0v) is 18.3. The average Bonchev–Trinajstić information content (AvgIpc) is 2.79. The molecule has 0 atom stereocenters. The fourth-order valence-electron chi connectivity index (χ4n) is 3.05. The zero-order valence-electron chi connectivity index (χ0n) is 17.5. The standard InChI is InChI=1S/C22H19F3N4O3S/c1-27-20(30)17-12-15(10-11-28-17)33-14-8-6-13(7-9-14)29(21(26)31)18-5-3-4-16(19(18)32-2)22(23,24)25/h3-12H,1-2H3,(H2,26,31)(H,27,30). The Morgan fingerprint density at radius 2 is 1.79 bits per heavy atom. The third-order valence-electron chi connectivity index (χ3n) is 4.49. The molecule has 33 heavy (non-hydrogen) atoms. The molecule has 0 aliphatic carbocycles. The molecular formula is C22H19F3N4O3S. The number of carbonyl (C=O) groups excluding carboxylic acids is 2. The lowest BCUT2D eigenvalue weighted by molar-refractivity contribution is -0.138. The predicted octanol–water partition coefficient (Wildman–Crippen LogP) is 4.84. The van der Waals surface area contributed by atoms with Gasteiger partial charge in [-0.1, -0.05) is 17.8 Å². The van der Waals surface area contributed by atoms with Crippen molar-refractivity contribution in [3.63, 3.8) is 0 Å². The summed E-state index contributed by atoms with van der Waals surface area (Å²) in [6.07, 6.45) is -3.17. The molecule has 11 heteroatoms. The first-order valence-corrected chi connectivity index (χ1v) is 10.3. The molecular weight excluding hydrogens is 457 g/mol. The van der Waals surface area contributed by atoms with Gasteiger partial charge in [0.2, 0.25) is 0 Å². The van der Waals surface area contributed by atoms with E-state index in [0.717, 1.165) is 27.9 Å². The number of ether oxygens (including phenoxy) is 1. The highest BCUT2D eigenvalue weighted by Gasteiger charge is 2.36. The van der Waals surface area contributed by atoms with Gasteiger partial charge in [0.25, 0.3) is 5.91 Å². The summed E-state index contributed by atoms with van der Waals surface area (Å²) >= 11 is 1.34. The molecule has 0 unspecified atom stereocenters. The van der Waals surface area contributed by atoms with Crippen LogP contribution in [-0.4, -0.2) is 31.1 Å². The maximum atomic E-state index is 13.4. The average molecular weight is 476 g/mol. The summed E-state index contributed by atoms with van der Waals surface area (Å²) in [6.45, 7) is 0. The number of nitrogens with zero attached hydrogens (tertiary/aromatic N) is 2. The Morgan fingerprint density at radius 3 is 2.36 bits per heavy atom. The number of carbonyl (C=O) groups is 2. The number of primary amides is 1. The summed E-state index contributed by atoms with van der Waals surface area (Å²) in [5, 5.41) is 2.50. The lowest BCUT2D eigenvalue weighted by Crippen LogP contribution is -2.32. The molecule has 0 saturated heterocycles. The Hall–Kier alpha value is -3.73. The second-order valence-corrected chi connectivity index (χ2v) is 7.73. The Morgan fingerprint density at radius 1 is 1.09 bits per heavy atom. The molecule has 3 N–H and O–H groups in total. The van der Waals surface area contributed by atoms with Crippen LogP contribution in [0.15, 0.2) is 70.6 Å². The Kier molecular flexibility index (Phi) is 7.12. The lowest BCUT2D eigenvalue weighted by Gasteiger charge is -2.25. The van der Waals surface area contributed by atoms with E-state index in [4.69, 9.17) is 10.5 Å². The summed E-state index contributed by atoms with van der Waals surface area (Å²) in [5.41, 5.74) is 4.86. The number of methoxy groups -OCH3 is 1. The summed E-state index contributed by atoms with van der Waals surface area (Å²) in [6, 6.07) is 12.2. The fourth-order valence-corrected chi connectivity index (χ4v) is 3.89. The third kappa shape index (κ3) is 5.37. The van der Waals surface area contributed by atoms with Crippen LogP contribution in [-0.2, 0) is 6.18 Å². The maximum absolute atomic E-state index is 13.4. The number of benzene rings is 2. The van der Waals surface area contributed by atoms with Crippen LogP contribution >= 0.6 is 11.8 Å². The second-order valence-electron chi connectivity index (χ2n) is 6.58. The molecule has 0 bridgehead atoms. The molecule has 2 aromatic carbocycles. The van der Waals surface area contributed by atoms with Crippen molar-refractivity contribution < 1.29 is 27.5 Å². The molecule has 0 radical (unpaired) electrons. The van der Waals surface area contributed by atoms with Crippen LogP contribution in [0.4, 0.5) is 29.3 Å². The first-order valence-electron chi connectivity index (χ1n) is 9.45. The molecule has 1 aromatic heterocycles. The van der Waals surface area contributed by atoms with Crippen LogP contribution in [0.5, 0.6) is 5.75 Å². The van der Waals surface area contributed by atoms with Crippen molar-refractivity contribution in [1.82, 2.24) is 10.3 Å². The van der Waals surface area contributed by atoms with Gasteiger partial charge in [0.1, 0.15) is 5.69 Å². The van der Waals surface area contributed by atoms with E-state index in [2.05, 4.69) is 10.3 Å². The van der Waals surface area contributed by atoms with Gasteiger partial charge < -0.3 is 15.8 Å². The number of hydrogen-bond donors (Lipinski definition) is 2. The van der Waals surface area contributed by atoms with Crippen LogP contribution in [0.2, 0.25) is 0 Å². The van der Waals surface area contributed by atoms with Crippen LogP contribution < -0.4 is 20.7 Å². The normalized spacial score (nSPS) is 11.1. The molecule has 0 spiro atoms. The summed E-state index contributed by atoms with van der Waals surface area (Å²) in [4.78, 5) is 30.4. The lowest BCUT2D eigenvalue weighted by atomic mass is 10.1. The first-order chi connectivity index (χ1) is 15.7. The van der Waals surface area contributed by atoms with Crippen molar-refractivity contribution in [1.29, 1.82) is 0 Å². The molecule has 0 fully saturated rings. The number of amides is 3. The van der Waals surface area contributed by atoms with Gasteiger partial charge in [0.15, 0.2) is 5.75 Å². The van der Waals surface area contributed by atoms with Gasteiger partial charge in [-0.3, -0.25) is 14.7 Å². The van der Waals surface area contributed by atoms with Crippen molar-refractivity contribution in [2.45, 2.75) is 16.0 Å². The highest BCUT2D eigenvalue weighted by Crippen LogP contribution is 2.43. The van der Waals surface area contributed by atoms with E-state index in [1.54, 1.807) is 36.4 Å². The number of nitrogens with one attached hydrogen (secondary N) is 1. The molecule has 3 rings (SSSR count). The van der Waals surface area contributed by atoms with Crippen LogP contribution in [0, 0.1) is 0 Å². The van der Waals surface area contributed by atoms with E-state index in [-0.39, 0.29) is 23.0 Å². The molecule has 0 aliphatic heterocycles. The molecule has 7 nitrogen and oxygen atoms in total. The molecule has 1 heterocycles. The minimum atomic E-state index is -4.68. The maximum Gasteiger partial charge on any atom is 0.420 e. The Bertz CT molecular complexity index is 1170. The number of hydrogen-bond acceptors (Lipinski definition) is 5. The van der Waals surface area contributed by atoms with Gasteiger partial charge in [0.05, 0.1) is 24.0 Å². The highest BCUT2D eigenvalue weighted by molar-refractivity contribution is 7.99. The van der Waals surface area contributed by atoms with E-state index >= 15 is 0 Å².